The normalized spacial score (nSPS) is 12.6. The summed E-state index contributed by atoms with van der Waals surface area (Å²) in [5.41, 5.74) is 2.21. The standard InChI is InChI=1S/C14H17NO2/c1-11-7-8-17-14(11)9-15-13(10-16)12-5-3-2-4-6-12/h2-8,13,15-16H,9-10H2,1H3. The molecule has 1 aromatic carbocycles. The molecule has 1 atom stereocenters. The highest BCUT2D eigenvalue weighted by Gasteiger charge is 2.10. The summed E-state index contributed by atoms with van der Waals surface area (Å²) in [6.45, 7) is 2.71. The van der Waals surface area contributed by atoms with Gasteiger partial charge in [0.05, 0.1) is 25.5 Å². The predicted octanol–water partition coefficient (Wildman–Crippen LogP) is 2.41. The minimum absolute atomic E-state index is 0.0549. The third-order valence-corrected chi connectivity index (χ3v) is 2.86. The van der Waals surface area contributed by atoms with Gasteiger partial charge in [-0.05, 0) is 24.1 Å². The zero-order chi connectivity index (χ0) is 12.1. The molecular formula is C14H17NO2. The summed E-state index contributed by atoms with van der Waals surface area (Å²) in [6, 6.07) is 11.8. The molecule has 0 aliphatic rings. The third-order valence-electron chi connectivity index (χ3n) is 2.86. The van der Waals surface area contributed by atoms with Crippen LogP contribution >= 0.6 is 0 Å². The molecule has 17 heavy (non-hydrogen) atoms. The summed E-state index contributed by atoms with van der Waals surface area (Å²) in [6.07, 6.45) is 1.68. The van der Waals surface area contributed by atoms with Crippen LogP contribution in [0.15, 0.2) is 47.1 Å². The van der Waals surface area contributed by atoms with Crippen molar-refractivity contribution < 1.29 is 9.52 Å². The number of nitrogens with one attached hydrogen (secondary N) is 1. The topological polar surface area (TPSA) is 45.4 Å². The van der Waals surface area contributed by atoms with Crippen LogP contribution in [-0.4, -0.2) is 11.7 Å². The molecule has 1 unspecified atom stereocenters. The van der Waals surface area contributed by atoms with E-state index in [2.05, 4.69) is 5.32 Å². The number of hydrogen-bond donors (Lipinski definition) is 2. The first-order valence-corrected chi connectivity index (χ1v) is 5.73. The van der Waals surface area contributed by atoms with Gasteiger partial charge in [-0.1, -0.05) is 30.3 Å². The first kappa shape index (κ1) is 11.9. The molecule has 0 spiro atoms. The SMILES string of the molecule is Cc1ccoc1CNC(CO)c1ccccc1. The van der Waals surface area contributed by atoms with Gasteiger partial charge in [0.1, 0.15) is 5.76 Å². The van der Waals surface area contributed by atoms with Gasteiger partial charge < -0.3 is 14.8 Å². The fraction of sp³-hybridized carbons (Fsp3) is 0.286. The molecule has 2 aromatic rings. The summed E-state index contributed by atoms with van der Waals surface area (Å²) in [7, 11) is 0. The van der Waals surface area contributed by atoms with E-state index in [1.807, 2.05) is 43.3 Å². The molecule has 90 valence electrons. The zero-order valence-electron chi connectivity index (χ0n) is 9.89. The van der Waals surface area contributed by atoms with Gasteiger partial charge in [0, 0.05) is 0 Å². The lowest BCUT2D eigenvalue weighted by atomic mass is 10.1. The van der Waals surface area contributed by atoms with E-state index in [-0.39, 0.29) is 12.6 Å². The van der Waals surface area contributed by atoms with E-state index in [9.17, 15) is 5.11 Å². The van der Waals surface area contributed by atoms with Crippen molar-refractivity contribution in [3.8, 4) is 0 Å². The fourth-order valence-electron chi connectivity index (χ4n) is 1.77. The molecule has 2 rings (SSSR count). The van der Waals surface area contributed by atoms with Crippen LogP contribution in [0.1, 0.15) is 22.9 Å². The van der Waals surface area contributed by atoms with E-state index < -0.39 is 0 Å². The van der Waals surface area contributed by atoms with Crippen LogP contribution in [0.25, 0.3) is 0 Å². The Morgan fingerprint density at radius 3 is 2.59 bits per heavy atom. The van der Waals surface area contributed by atoms with Crippen LogP contribution in [0.4, 0.5) is 0 Å². The Morgan fingerprint density at radius 2 is 2.00 bits per heavy atom. The summed E-state index contributed by atoms with van der Waals surface area (Å²) < 4.78 is 5.35. The Bertz CT molecular complexity index is 450. The van der Waals surface area contributed by atoms with E-state index in [1.54, 1.807) is 6.26 Å². The fourth-order valence-corrected chi connectivity index (χ4v) is 1.77. The van der Waals surface area contributed by atoms with Crippen LogP contribution < -0.4 is 5.32 Å². The molecule has 0 bridgehead atoms. The first-order valence-electron chi connectivity index (χ1n) is 5.73. The highest BCUT2D eigenvalue weighted by molar-refractivity contribution is 5.20. The van der Waals surface area contributed by atoms with Gasteiger partial charge in [0.15, 0.2) is 0 Å². The summed E-state index contributed by atoms with van der Waals surface area (Å²) >= 11 is 0. The molecule has 0 aliphatic carbocycles. The largest absolute Gasteiger partial charge is 0.468 e. The number of aliphatic hydroxyl groups is 1. The highest BCUT2D eigenvalue weighted by Crippen LogP contribution is 2.14. The summed E-state index contributed by atoms with van der Waals surface area (Å²) in [5, 5.41) is 12.7. The van der Waals surface area contributed by atoms with Gasteiger partial charge in [-0.25, -0.2) is 0 Å². The van der Waals surface area contributed by atoms with E-state index in [1.165, 1.54) is 0 Å². The maximum atomic E-state index is 9.38. The molecule has 1 aromatic heterocycles. The molecule has 2 N–H and O–H groups in total. The van der Waals surface area contributed by atoms with Crippen molar-refractivity contribution in [2.75, 3.05) is 6.61 Å². The molecule has 1 heterocycles. The van der Waals surface area contributed by atoms with Crippen molar-refractivity contribution in [3.63, 3.8) is 0 Å². The molecule has 3 nitrogen and oxygen atoms in total. The Balaban J connectivity index is 1.99. The number of aliphatic hydroxyl groups excluding tert-OH is 1. The number of aryl methyl sites for hydroxylation is 1. The van der Waals surface area contributed by atoms with Crippen molar-refractivity contribution in [1.29, 1.82) is 0 Å². The Kier molecular flexibility index (Phi) is 3.96. The summed E-state index contributed by atoms with van der Waals surface area (Å²) in [5.74, 6) is 0.916. The van der Waals surface area contributed by atoms with Gasteiger partial charge >= 0.3 is 0 Å². The van der Waals surface area contributed by atoms with Crippen molar-refractivity contribution >= 4 is 0 Å². The van der Waals surface area contributed by atoms with Gasteiger partial charge in [-0.3, -0.25) is 0 Å². The van der Waals surface area contributed by atoms with Crippen LogP contribution in [-0.2, 0) is 6.54 Å². The number of rotatable bonds is 5. The number of benzene rings is 1. The predicted molar refractivity (Wildman–Crippen MR) is 66.6 cm³/mol. The van der Waals surface area contributed by atoms with Gasteiger partial charge in [0.25, 0.3) is 0 Å². The molecule has 0 aliphatic heterocycles. The second-order valence-corrected chi connectivity index (χ2v) is 4.05. The zero-order valence-corrected chi connectivity index (χ0v) is 9.89. The van der Waals surface area contributed by atoms with Crippen molar-refractivity contribution in [1.82, 2.24) is 5.32 Å². The van der Waals surface area contributed by atoms with Crippen LogP contribution in [0.2, 0.25) is 0 Å². The monoisotopic (exact) mass is 231 g/mol. The Hall–Kier alpha value is -1.58. The van der Waals surface area contributed by atoms with Gasteiger partial charge in [0.2, 0.25) is 0 Å². The molecule has 0 radical (unpaired) electrons. The molecule has 0 saturated carbocycles. The molecule has 0 amide bonds. The highest BCUT2D eigenvalue weighted by atomic mass is 16.3. The second-order valence-electron chi connectivity index (χ2n) is 4.05. The Morgan fingerprint density at radius 1 is 1.24 bits per heavy atom. The van der Waals surface area contributed by atoms with E-state index >= 15 is 0 Å². The molecule has 0 fully saturated rings. The lowest BCUT2D eigenvalue weighted by Gasteiger charge is -2.16. The minimum atomic E-state index is -0.0549. The molecule has 3 heteroatoms. The lowest BCUT2D eigenvalue weighted by Crippen LogP contribution is -2.24. The smallest absolute Gasteiger partial charge is 0.120 e. The molecular weight excluding hydrogens is 214 g/mol. The van der Waals surface area contributed by atoms with E-state index in [0.717, 1.165) is 16.9 Å². The number of hydrogen-bond acceptors (Lipinski definition) is 3. The van der Waals surface area contributed by atoms with E-state index in [4.69, 9.17) is 4.42 Å². The number of furan rings is 1. The van der Waals surface area contributed by atoms with Crippen LogP contribution in [0.3, 0.4) is 0 Å². The quantitative estimate of drug-likeness (QED) is 0.830. The van der Waals surface area contributed by atoms with Gasteiger partial charge in [-0.2, -0.15) is 0 Å². The second kappa shape index (κ2) is 5.66. The first-order chi connectivity index (χ1) is 8.31. The maximum absolute atomic E-state index is 9.38. The van der Waals surface area contributed by atoms with Crippen LogP contribution in [0.5, 0.6) is 0 Å². The summed E-state index contributed by atoms with van der Waals surface area (Å²) in [4.78, 5) is 0. The van der Waals surface area contributed by atoms with E-state index in [0.29, 0.717) is 6.54 Å². The van der Waals surface area contributed by atoms with Gasteiger partial charge in [-0.15, -0.1) is 0 Å². The van der Waals surface area contributed by atoms with Crippen LogP contribution in [0, 0.1) is 6.92 Å². The molecule has 0 saturated heterocycles. The Labute approximate surface area is 101 Å². The van der Waals surface area contributed by atoms with Crippen molar-refractivity contribution in [2.24, 2.45) is 0 Å². The van der Waals surface area contributed by atoms with Crippen molar-refractivity contribution in [3.05, 3.63) is 59.5 Å². The van der Waals surface area contributed by atoms with Crippen molar-refractivity contribution in [2.45, 2.75) is 19.5 Å². The third kappa shape index (κ3) is 2.96. The minimum Gasteiger partial charge on any atom is -0.468 e. The lowest BCUT2D eigenvalue weighted by molar-refractivity contribution is 0.240. The average Bonchev–Trinajstić information content (AvgIpc) is 2.77. The maximum Gasteiger partial charge on any atom is 0.120 e. The average molecular weight is 231 g/mol.